The SMILES string of the molecule is Nc1nc2ccccc2n1CCCOc1ccccc1Cl. The van der Waals surface area contributed by atoms with Crippen molar-refractivity contribution >= 4 is 28.6 Å². The van der Waals surface area contributed by atoms with E-state index in [1.807, 2.05) is 53.1 Å². The Bertz CT molecular complexity index is 754. The standard InChI is InChI=1S/C16H16ClN3O/c17-12-6-1-4-9-15(12)21-11-5-10-20-14-8-3-2-7-13(14)19-16(20)18/h1-4,6-9H,5,10-11H2,(H2,18,19). The first-order valence-corrected chi connectivity index (χ1v) is 7.21. The monoisotopic (exact) mass is 301 g/mol. The summed E-state index contributed by atoms with van der Waals surface area (Å²) >= 11 is 6.05. The van der Waals surface area contributed by atoms with Gasteiger partial charge in [-0.05, 0) is 30.7 Å². The van der Waals surface area contributed by atoms with E-state index in [1.54, 1.807) is 0 Å². The maximum atomic E-state index is 6.05. The van der Waals surface area contributed by atoms with Gasteiger partial charge in [-0.15, -0.1) is 0 Å². The number of ether oxygens (including phenoxy) is 1. The molecule has 0 unspecified atom stereocenters. The highest BCUT2D eigenvalue weighted by Crippen LogP contribution is 2.23. The Labute approximate surface area is 128 Å². The van der Waals surface area contributed by atoms with Crippen LogP contribution in [0.15, 0.2) is 48.5 Å². The minimum atomic E-state index is 0.536. The fourth-order valence-electron chi connectivity index (χ4n) is 2.30. The third-order valence-electron chi connectivity index (χ3n) is 3.30. The Hall–Kier alpha value is -2.20. The van der Waals surface area contributed by atoms with Gasteiger partial charge < -0.3 is 15.0 Å². The lowest BCUT2D eigenvalue weighted by molar-refractivity contribution is 0.303. The molecule has 0 atom stereocenters. The average Bonchev–Trinajstić information content (AvgIpc) is 2.81. The Balaban J connectivity index is 1.62. The summed E-state index contributed by atoms with van der Waals surface area (Å²) in [4.78, 5) is 4.34. The molecule has 0 aliphatic heterocycles. The van der Waals surface area contributed by atoms with Gasteiger partial charge in [0.25, 0.3) is 0 Å². The molecule has 5 heteroatoms. The second kappa shape index (κ2) is 6.06. The van der Waals surface area contributed by atoms with Crippen molar-refractivity contribution in [2.45, 2.75) is 13.0 Å². The van der Waals surface area contributed by atoms with Crippen LogP contribution in [0.25, 0.3) is 11.0 Å². The number of nitrogen functional groups attached to an aromatic ring is 1. The van der Waals surface area contributed by atoms with E-state index in [0.717, 1.165) is 24.0 Å². The molecule has 0 spiro atoms. The predicted molar refractivity (Wildman–Crippen MR) is 85.7 cm³/mol. The lowest BCUT2D eigenvalue weighted by Gasteiger charge is -2.09. The number of benzene rings is 2. The Kier molecular flexibility index (Phi) is 3.97. The first kappa shape index (κ1) is 13.8. The number of hydrogen-bond donors (Lipinski definition) is 1. The Morgan fingerprint density at radius 2 is 1.86 bits per heavy atom. The molecule has 2 aromatic carbocycles. The van der Waals surface area contributed by atoms with E-state index in [1.165, 1.54) is 0 Å². The van der Waals surface area contributed by atoms with Gasteiger partial charge in [0.2, 0.25) is 5.95 Å². The van der Waals surface area contributed by atoms with Gasteiger partial charge in [-0.25, -0.2) is 4.98 Å². The van der Waals surface area contributed by atoms with E-state index >= 15 is 0 Å². The molecular formula is C16H16ClN3O. The van der Waals surface area contributed by atoms with Crippen molar-refractivity contribution in [2.24, 2.45) is 0 Å². The van der Waals surface area contributed by atoms with Crippen molar-refractivity contribution in [3.05, 3.63) is 53.6 Å². The van der Waals surface area contributed by atoms with Gasteiger partial charge in [-0.1, -0.05) is 35.9 Å². The maximum absolute atomic E-state index is 6.05. The lowest BCUT2D eigenvalue weighted by Crippen LogP contribution is -2.07. The first-order valence-electron chi connectivity index (χ1n) is 6.84. The number of imidazole rings is 1. The van der Waals surface area contributed by atoms with Gasteiger partial charge in [0.1, 0.15) is 5.75 Å². The third-order valence-corrected chi connectivity index (χ3v) is 3.62. The molecule has 21 heavy (non-hydrogen) atoms. The number of nitrogens with zero attached hydrogens (tertiary/aromatic N) is 2. The molecule has 0 amide bonds. The van der Waals surface area contributed by atoms with Gasteiger partial charge >= 0.3 is 0 Å². The zero-order valence-corrected chi connectivity index (χ0v) is 12.3. The molecular weight excluding hydrogens is 286 g/mol. The van der Waals surface area contributed by atoms with Crippen LogP contribution in [-0.4, -0.2) is 16.2 Å². The third kappa shape index (κ3) is 2.95. The summed E-state index contributed by atoms with van der Waals surface area (Å²) in [5.74, 6) is 1.25. The van der Waals surface area contributed by atoms with Gasteiger partial charge in [0.15, 0.2) is 0 Å². The van der Waals surface area contributed by atoms with E-state index in [-0.39, 0.29) is 0 Å². The molecule has 3 rings (SSSR count). The lowest BCUT2D eigenvalue weighted by atomic mass is 10.3. The van der Waals surface area contributed by atoms with Crippen LogP contribution in [0.2, 0.25) is 5.02 Å². The minimum absolute atomic E-state index is 0.536. The zero-order chi connectivity index (χ0) is 14.7. The van der Waals surface area contributed by atoms with Crippen LogP contribution in [0.5, 0.6) is 5.75 Å². The van der Waals surface area contributed by atoms with E-state index in [4.69, 9.17) is 22.1 Å². The second-order valence-corrected chi connectivity index (χ2v) is 5.15. The Morgan fingerprint density at radius 1 is 1.10 bits per heavy atom. The summed E-state index contributed by atoms with van der Waals surface area (Å²) in [6.07, 6.45) is 0.829. The average molecular weight is 302 g/mol. The molecule has 0 aliphatic rings. The summed E-state index contributed by atoms with van der Waals surface area (Å²) in [6, 6.07) is 15.4. The van der Waals surface area contributed by atoms with Gasteiger partial charge in [-0.3, -0.25) is 0 Å². The summed E-state index contributed by atoms with van der Waals surface area (Å²) < 4.78 is 7.69. The van der Waals surface area contributed by atoms with Gasteiger partial charge in [0, 0.05) is 6.54 Å². The van der Waals surface area contributed by atoms with Crippen molar-refractivity contribution in [3.63, 3.8) is 0 Å². The number of halogens is 1. The molecule has 0 saturated heterocycles. The van der Waals surface area contributed by atoms with E-state index in [2.05, 4.69) is 4.98 Å². The van der Waals surface area contributed by atoms with Crippen LogP contribution in [-0.2, 0) is 6.54 Å². The molecule has 3 aromatic rings. The molecule has 1 aromatic heterocycles. The van der Waals surface area contributed by atoms with Crippen LogP contribution in [0.4, 0.5) is 5.95 Å². The van der Waals surface area contributed by atoms with Crippen molar-refractivity contribution in [1.29, 1.82) is 0 Å². The summed E-state index contributed by atoms with van der Waals surface area (Å²) in [5.41, 5.74) is 7.93. The molecule has 0 aliphatic carbocycles. The molecule has 0 radical (unpaired) electrons. The summed E-state index contributed by atoms with van der Waals surface area (Å²) in [6.45, 7) is 1.34. The summed E-state index contributed by atoms with van der Waals surface area (Å²) in [7, 11) is 0. The van der Waals surface area contributed by atoms with Gasteiger partial charge in [0.05, 0.1) is 22.7 Å². The molecule has 2 N–H and O–H groups in total. The van der Waals surface area contributed by atoms with Crippen LogP contribution in [0, 0.1) is 0 Å². The second-order valence-electron chi connectivity index (χ2n) is 4.74. The van der Waals surface area contributed by atoms with Crippen LogP contribution in [0.3, 0.4) is 0 Å². The quantitative estimate of drug-likeness (QED) is 0.730. The Morgan fingerprint density at radius 3 is 2.71 bits per heavy atom. The van der Waals surface area contributed by atoms with Crippen molar-refractivity contribution in [1.82, 2.24) is 9.55 Å². The highest BCUT2D eigenvalue weighted by Gasteiger charge is 2.07. The normalized spacial score (nSPS) is 10.9. The molecule has 0 bridgehead atoms. The molecule has 108 valence electrons. The van der Waals surface area contributed by atoms with Crippen molar-refractivity contribution in [2.75, 3.05) is 12.3 Å². The highest BCUT2D eigenvalue weighted by molar-refractivity contribution is 6.32. The van der Waals surface area contributed by atoms with E-state index < -0.39 is 0 Å². The number of rotatable bonds is 5. The van der Waals surface area contributed by atoms with E-state index in [0.29, 0.717) is 23.3 Å². The number of aryl methyl sites for hydroxylation is 1. The molecule has 4 nitrogen and oxygen atoms in total. The van der Waals surface area contributed by atoms with E-state index in [9.17, 15) is 0 Å². The first-order chi connectivity index (χ1) is 10.3. The van der Waals surface area contributed by atoms with Crippen LogP contribution in [0.1, 0.15) is 6.42 Å². The molecule has 0 saturated carbocycles. The smallest absolute Gasteiger partial charge is 0.201 e. The number of anilines is 1. The number of aromatic nitrogens is 2. The molecule has 0 fully saturated rings. The number of fused-ring (bicyclic) bond motifs is 1. The number of hydrogen-bond acceptors (Lipinski definition) is 3. The highest BCUT2D eigenvalue weighted by atomic mass is 35.5. The topological polar surface area (TPSA) is 53.1 Å². The number of nitrogens with two attached hydrogens (primary N) is 1. The predicted octanol–water partition coefficient (Wildman–Crippen LogP) is 3.74. The van der Waals surface area contributed by atoms with Crippen molar-refractivity contribution in [3.8, 4) is 5.75 Å². The number of para-hydroxylation sites is 3. The van der Waals surface area contributed by atoms with Crippen molar-refractivity contribution < 1.29 is 4.74 Å². The summed E-state index contributed by atoms with van der Waals surface area (Å²) in [5, 5.41) is 0.630. The maximum Gasteiger partial charge on any atom is 0.201 e. The van der Waals surface area contributed by atoms with Crippen LogP contribution < -0.4 is 10.5 Å². The molecule has 1 heterocycles. The fourth-order valence-corrected chi connectivity index (χ4v) is 2.49. The minimum Gasteiger partial charge on any atom is -0.492 e. The van der Waals surface area contributed by atoms with Gasteiger partial charge in [-0.2, -0.15) is 0 Å². The largest absolute Gasteiger partial charge is 0.492 e. The van der Waals surface area contributed by atoms with Crippen LogP contribution >= 0.6 is 11.6 Å². The fraction of sp³-hybridized carbons (Fsp3) is 0.188. The zero-order valence-electron chi connectivity index (χ0n) is 11.5.